The lowest BCUT2D eigenvalue weighted by molar-refractivity contribution is 0.288. The summed E-state index contributed by atoms with van der Waals surface area (Å²) < 4.78 is 2.10. The summed E-state index contributed by atoms with van der Waals surface area (Å²) in [5.41, 5.74) is 1.53. The normalized spacial score (nSPS) is 16.5. The van der Waals surface area contributed by atoms with Gasteiger partial charge in [-0.3, -0.25) is 4.68 Å². The first-order chi connectivity index (χ1) is 8.54. The third kappa shape index (κ3) is 4.13. The van der Waals surface area contributed by atoms with Gasteiger partial charge in [-0.15, -0.1) is 0 Å². The Labute approximate surface area is 112 Å². The smallest absolute Gasteiger partial charge is 0.0630 e. The molecule has 0 saturated heterocycles. The van der Waals surface area contributed by atoms with E-state index >= 15 is 0 Å². The van der Waals surface area contributed by atoms with Gasteiger partial charge in [0.05, 0.1) is 5.69 Å². The van der Waals surface area contributed by atoms with Crippen molar-refractivity contribution in [2.75, 3.05) is 13.1 Å². The summed E-state index contributed by atoms with van der Waals surface area (Å²) in [7, 11) is 0. The van der Waals surface area contributed by atoms with Crippen molar-refractivity contribution in [2.24, 2.45) is 5.41 Å². The molecule has 1 rings (SSSR count). The molecule has 1 aromatic rings. The zero-order valence-corrected chi connectivity index (χ0v) is 12.7. The lowest BCUT2D eigenvalue weighted by Gasteiger charge is -2.27. The molecule has 0 aliphatic heterocycles. The Morgan fingerprint density at radius 1 is 1.39 bits per heavy atom. The maximum atomic E-state index is 4.71. The lowest BCUT2D eigenvalue weighted by atomic mass is 9.82. The Bertz CT molecular complexity index is 345. The molecule has 2 unspecified atom stereocenters. The molecule has 0 aromatic carbocycles. The number of aromatic nitrogens is 2. The first kappa shape index (κ1) is 15.2. The number of nitrogens with zero attached hydrogens (tertiary/aromatic N) is 2. The first-order valence-corrected chi connectivity index (χ1v) is 7.29. The van der Waals surface area contributed by atoms with E-state index < -0.39 is 0 Å². The number of hydrogen-bond acceptors (Lipinski definition) is 2. The predicted octanol–water partition coefficient (Wildman–Crippen LogP) is 3.42. The molecule has 0 aliphatic rings. The Kier molecular flexibility index (Phi) is 5.86. The highest BCUT2D eigenvalue weighted by Crippen LogP contribution is 2.25. The Hall–Kier alpha value is -0.830. The van der Waals surface area contributed by atoms with Crippen LogP contribution in [0, 0.1) is 5.41 Å². The van der Waals surface area contributed by atoms with Gasteiger partial charge in [0.25, 0.3) is 0 Å². The number of hydrogen-bond donors (Lipinski definition) is 1. The van der Waals surface area contributed by atoms with Gasteiger partial charge in [0.2, 0.25) is 0 Å². The summed E-state index contributed by atoms with van der Waals surface area (Å²) in [6.07, 6.45) is 5.48. The van der Waals surface area contributed by atoms with Gasteiger partial charge < -0.3 is 5.32 Å². The summed E-state index contributed by atoms with van der Waals surface area (Å²) >= 11 is 0. The molecule has 104 valence electrons. The largest absolute Gasteiger partial charge is 0.316 e. The molecule has 0 bridgehead atoms. The summed E-state index contributed by atoms with van der Waals surface area (Å²) in [4.78, 5) is 0. The van der Waals surface area contributed by atoms with Gasteiger partial charge in [-0.25, -0.2) is 0 Å². The van der Waals surface area contributed by atoms with Crippen molar-refractivity contribution in [3.63, 3.8) is 0 Å². The van der Waals surface area contributed by atoms with Crippen molar-refractivity contribution in [1.29, 1.82) is 0 Å². The minimum atomic E-state index is 0.310. The second-order valence-electron chi connectivity index (χ2n) is 5.67. The Morgan fingerprint density at radius 2 is 2.11 bits per heavy atom. The molecule has 0 radical (unpaired) electrons. The van der Waals surface area contributed by atoms with Crippen molar-refractivity contribution in [3.05, 3.63) is 18.0 Å². The van der Waals surface area contributed by atoms with Crippen LogP contribution in [0.25, 0.3) is 0 Å². The molecule has 1 aromatic heterocycles. The van der Waals surface area contributed by atoms with Crippen LogP contribution in [0.15, 0.2) is 12.3 Å². The SMILES string of the molecule is CCNCC(C)(CC)Cc1ccn(C(C)CC)n1. The molecule has 0 spiro atoms. The Balaban J connectivity index is 2.67. The second-order valence-corrected chi connectivity index (χ2v) is 5.67. The maximum Gasteiger partial charge on any atom is 0.0630 e. The average molecular weight is 251 g/mol. The zero-order valence-electron chi connectivity index (χ0n) is 12.7. The number of nitrogens with one attached hydrogen (secondary N) is 1. The van der Waals surface area contributed by atoms with Crippen LogP contribution < -0.4 is 5.32 Å². The molecule has 18 heavy (non-hydrogen) atoms. The van der Waals surface area contributed by atoms with Crippen molar-refractivity contribution in [2.45, 2.75) is 59.9 Å². The quantitative estimate of drug-likeness (QED) is 0.767. The number of rotatable bonds is 8. The minimum Gasteiger partial charge on any atom is -0.316 e. The first-order valence-electron chi connectivity index (χ1n) is 7.29. The van der Waals surface area contributed by atoms with E-state index in [4.69, 9.17) is 5.10 Å². The lowest BCUT2D eigenvalue weighted by Crippen LogP contribution is -2.33. The molecule has 0 aliphatic carbocycles. The van der Waals surface area contributed by atoms with Crippen LogP contribution in [0.2, 0.25) is 0 Å². The minimum absolute atomic E-state index is 0.310. The van der Waals surface area contributed by atoms with Crippen LogP contribution in [0.5, 0.6) is 0 Å². The van der Waals surface area contributed by atoms with E-state index in [0.717, 1.165) is 25.9 Å². The van der Waals surface area contributed by atoms with E-state index in [2.05, 4.69) is 56.9 Å². The van der Waals surface area contributed by atoms with Crippen LogP contribution in [-0.4, -0.2) is 22.9 Å². The molecular formula is C15H29N3. The third-order valence-corrected chi connectivity index (χ3v) is 3.97. The molecule has 2 atom stereocenters. The summed E-state index contributed by atoms with van der Waals surface area (Å²) in [6, 6.07) is 2.67. The molecule has 3 heteroatoms. The molecule has 1 heterocycles. The van der Waals surface area contributed by atoms with Gasteiger partial charge in [-0.05, 0) is 44.2 Å². The van der Waals surface area contributed by atoms with Gasteiger partial charge in [-0.2, -0.15) is 5.10 Å². The Morgan fingerprint density at radius 3 is 2.67 bits per heavy atom. The van der Waals surface area contributed by atoms with Gasteiger partial charge in [0, 0.05) is 18.8 Å². The van der Waals surface area contributed by atoms with E-state index in [1.54, 1.807) is 0 Å². The van der Waals surface area contributed by atoms with E-state index in [9.17, 15) is 0 Å². The van der Waals surface area contributed by atoms with Crippen LogP contribution in [0.1, 0.15) is 59.2 Å². The van der Waals surface area contributed by atoms with Crippen LogP contribution in [0.3, 0.4) is 0 Å². The van der Waals surface area contributed by atoms with E-state index in [1.807, 2.05) is 0 Å². The fourth-order valence-electron chi connectivity index (χ4n) is 2.08. The molecule has 0 fully saturated rings. The summed E-state index contributed by atoms with van der Waals surface area (Å²) in [5.74, 6) is 0. The van der Waals surface area contributed by atoms with Crippen molar-refractivity contribution >= 4 is 0 Å². The van der Waals surface area contributed by atoms with E-state index in [-0.39, 0.29) is 0 Å². The average Bonchev–Trinajstić information content (AvgIpc) is 2.83. The second kappa shape index (κ2) is 6.93. The van der Waals surface area contributed by atoms with E-state index in [0.29, 0.717) is 11.5 Å². The summed E-state index contributed by atoms with van der Waals surface area (Å²) in [5, 5.41) is 8.18. The molecule has 1 N–H and O–H groups in total. The van der Waals surface area contributed by atoms with Crippen molar-refractivity contribution < 1.29 is 0 Å². The highest BCUT2D eigenvalue weighted by molar-refractivity contribution is 5.03. The fourth-order valence-corrected chi connectivity index (χ4v) is 2.08. The molecule has 3 nitrogen and oxygen atoms in total. The fraction of sp³-hybridized carbons (Fsp3) is 0.800. The van der Waals surface area contributed by atoms with Crippen LogP contribution in [0.4, 0.5) is 0 Å². The van der Waals surface area contributed by atoms with Gasteiger partial charge in [-0.1, -0.05) is 27.7 Å². The topological polar surface area (TPSA) is 29.9 Å². The van der Waals surface area contributed by atoms with Gasteiger partial charge >= 0.3 is 0 Å². The van der Waals surface area contributed by atoms with Gasteiger partial charge in [0.15, 0.2) is 0 Å². The van der Waals surface area contributed by atoms with Crippen molar-refractivity contribution in [3.8, 4) is 0 Å². The highest BCUT2D eigenvalue weighted by atomic mass is 15.3. The molecule has 0 amide bonds. The molecule has 0 saturated carbocycles. The van der Waals surface area contributed by atoms with Gasteiger partial charge in [0.1, 0.15) is 0 Å². The third-order valence-electron chi connectivity index (χ3n) is 3.97. The van der Waals surface area contributed by atoms with E-state index in [1.165, 1.54) is 12.1 Å². The van der Waals surface area contributed by atoms with Crippen LogP contribution >= 0.6 is 0 Å². The maximum absolute atomic E-state index is 4.71. The predicted molar refractivity (Wildman–Crippen MR) is 77.9 cm³/mol. The van der Waals surface area contributed by atoms with Crippen molar-refractivity contribution in [1.82, 2.24) is 15.1 Å². The summed E-state index contributed by atoms with van der Waals surface area (Å²) in [6.45, 7) is 13.3. The highest BCUT2D eigenvalue weighted by Gasteiger charge is 2.23. The monoisotopic (exact) mass is 251 g/mol. The zero-order chi connectivity index (χ0) is 13.6. The standard InChI is InChI=1S/C15H29N3/c1-6-13(4)18-10-9-14(17-18)11-15(5,7-2)12-16-8-3/h9-10,13,16H,6-8,11-12H2,1-5H3. The molecular weight excluding hydrogens is 222 g/mol. The van der Waals surface area contributed by atoms with Crippen LogP contribution in [-0.2, 0) is 6.42 Å².